The van der Waals surface area contributed by atoms with E-state index in [1.54, 1.807) is 14.3 Å². The maximum absolute atomic E-state index is 12.4. The van der Waals surface area contributed by atoms with E-state index in [4.69, 9.17) is 11.6 Å². The Morgan fingerprint density at radius 3 is 2.16 bits per heavy atom. The molecule has 166 valence electrons. The predicted molar refractivity (Wildman–Crippen MR) is 122 cm³/mol. The summed E-state index contributed by atoms with van der Waals surface area (Å²) in [6.07, 6.45) is 0.419. The molecule has 8 nitrogen and oxygen atoms in total. The quantitative estimate of drug-likeness (QED) is 0.487. The van der Waals surface area contributed by atoms with Crippen molar-refractivity contribution in [1.29, 1.82) is 0 Å². The average molecular weight is 463 g/mol. The summed E-state index contributed by atoms with van der Waals surface area (Å²) in [7, 11) is 0. The molecule has 31 heavy (non-hydrogen) atoms. The van der Waals surface area contributed by atoms with Gasteiger partial charge in [0.25, 0.3) is 0 Å². The van der Waals surface area contributed by atoms with Crippen LogP contribution < -0.4 is 0 Å². The Morgan fingerprint density at radius 1 is 0.968 bits per heavy atom. The van der Waals surface area contributed by atoms with E-state index < -0.39 is 0 Å². The Hall–Kier alpha value is -2.52. The molecule has 3 rings (SSSR count). The molecule has 2 amide bonds. The first-order valence-electron chi connectivity index (χ1n) is 10.5. The van der Waals surface area contributed by atoms with Gasteiger partial charge in [0.05, 0.1) is 12.8 Å². The highest BCUT2D eigenvalue weighted by molar-refractivity contribution is 7.19. The molecule has 0 aliphatic heterocycles. The number of amides is 2. The summed E-state index contributed by atoms with van der Waals surface area (Å²) in [5.41, 5.74) is 1.62. The summed E-state index contributed by atoms with van der Waals surface area (Å²) < 4.78 is 1.62. The third kappa shape index (κ3) is 5.04. The van der Waals surface area contributed by atoms with Crippen molar-refractivity contribution >= 4 is 39.7 Å². The van der Waals surface area contributed by atoms with E-state index >= 15 is 0 Å². The Balaban J connectivity index is 1.81. The van der Waals surface area contributed by atoms with Gasteiger partial charge in [-0.3, -0.25) is 9.59 Å². The zero-order valence-electron chi connectivity index (χ0n) is 18.3. The van der Waals surface area contributed by atoms with Gasteiger partial charge in [-0.05, 0) is 39.3 Å². The molecular formula is C21H27ClN6O2S. The molecule has 0 atom stereocenters. The number of benzene rings is 1. The standard InChI is InChI=1S/C21H27ClN6O2S/c1-5-26(6-2)18(29)12-14-9-10-15(11-16(14)22)20-25-28-17(23-24-21(28)31-20)13-19(30)27(7-3)8-4/h9-11H,5-8,12-13H2,1-4H3. The number of fused-ring (bicyclic) bond motifs is 1. The van der Waals surface area contributed by atoms with Gasteiger partial charge in [-0.15, -0.1) is 10.2 Å². The number of halogens is 1. The lowest BCUT2D eigenvalue weighted by Crippen LogP contribution is -2.32. The van der Waals surface area contributed by atoms with E-state index in [0.29, 0.717) is 42.0 Å². The van der Waals surface area contributed by atoms with E-state index in [9.17, 15) is 9.59 Å². The molecule has 3 aromatic rings. The van der Waals surface area contributed by atoms with Crippen LogP contribution in [0.1, 0.15) is 39.1 Å². The summed E-state index contributed by atoms with van der Waals surface area (Å²) in [4.78, 5) is 29.0. The van der Waals surface area contributed by atoms with Crippen LogP contribution in [0.4, 0.5) is 0 Å². The Kier molecular flexibility index (Phi) is 7.61. The van der Waals surface area contributed by atoms with Gasteiger partial charge in [-0.1, -0.05) is 35.1 Å². The Labute approximate surface area is 190 Å². The minimum atomic E-state index is -0.000818. The fourth-order valence-electron chi connectivity index (χ4n) is 3.38. The first kappa shape index (κ1) is 23.1. The summed E-state index contributed by atoms with van der Waals surface area (Å²) in [6.45, 7) is 10.5. The molecule has 1 aromatic carbocycles. The van der Waals surface area contributed by atoms with Crippen molar-refractivity contribution in [2.45, 2.75) is 40.5 Å². The van der Waals surface area contributed by atoms with Crippen LogP contribution in [0.3, 0.4) is 0 Å². The van der Waals surface area contributed by atoms with E-state index in [0.717, 1.165) is 16.1 Å². The van der Waals surface area contributed by atoms with Gasteiger partial charge < -0.3 is 9.80 Å². The summed E-state index contributed by atoms with van der Waals surface area (Å²) in [5, 5.41) is 14.1. The fourth-order valence-corrected chi connectivity index (χ4v) is 4.48. The highest BCUT2D eigenvalue weighted by Gasteiger charge is 2.19. The van der Waals surface area contributed by atoms with Crippen molar-refractivity contribution in [3.8, 4) is 10.6 Å². The van der Waals surface area contributed by atoms with Crippen LogP contribution in [0, 0.1) is 0 Å². The number of rotatable bonds is 9. The van der Waals surface area contributed by atoms with E-state index in [1.807, 2.05) is 45.9 Å². The number of hydrogen-bond donors (Lipinski definition) is 0. The van der Waals surface area contributed by atoms with Gasteiger partial charge in [0.2, 0.25) is 16.8 Å². The highest BCUT2D eigenvalue weighted by atomic mass is 35.5. The zero-order chi connectivity index (χ0) is 22.5. The molecule has 0 saturated carbocycles. The lowest BCUT2D eigenvalue weighted by Gasteiger charge is -2.19. The lowest BCUT2D eigenvalue weighted by molar-refractivity contribution is -0.131. The van der Waals surface area contributed by atoms with Gasteiger partial charge in [-0.25, -0.2) is 0 Å². The predicted octanol–water partition coefficient (Wildman–Crippen LogP) is 3.33. The summed E-state index contributed by atoms with van der Waals surface area (Å²) in [5.74, 6) is 0.571. The molecule has 0 unspecified atom stereocenters. The average Bonchev–Trinajstić information content (AvgIpc) is 3.33. The first-order chi connectivity index (χ1) is 14.9. The van der Waals surface area contributed by atoms with Crippen molar-refractivity contribution in [2.75, 3.05) is 26.2 Å². The van der Waals surface area contributed by atoms with Crippen LogP contribution >= 0.6 is 22.9 Å². The zero-order valence-corrected chi connectivity index (χ0v) is 19.8. The molecule has 0 bridgehead atoms. The molecule has 2 heterocycles. The number of carbonyl (C=O) groups excluding carboxylic acids is 2. The molecule has 0 aliphatic rings. The number of aromatic nitrogens is 4. The monoisotopic (exact) mass is 462 g/mol. The maximum atomic E-state index is 12.4. The van der Waals surface area contributed by atoms with Crippen LogP contribution in [0.2, 0.25) is 5.02 Å². The van der Waals surface area contributed by atoms with Crippen molar-refractivity contribution in [1.82, 2.24) is 29.6 Å². The molecule has 0 radical (unpaired) electrons. The SMILES string of the molecule is CCN(CC)C(=O)Cc1ccc(-c2nn3c(CC(=O)N(CC)CC)nnc3s2)cc1Cl. The third-order valence-corrected chi connectivity index (χ3v) is 6.54. The molecule has 0 fully saturated rings. The molecule has 10 heteroatoms. The number of nitrogens with zero attached hydrogens (tertiary/aromatic N) is 6. The molecule has 0 aliphatic carbocycles. The normalized spacial score (nSPS) is 11.1. The van der Waals surface area contributed by atoms with E-state index in [-0.39, 0.29) is 24.7 Å². The van der Waals surface area contributed by atoms with Gasteiger partial charge in [0.1, 0.15) is 5.01 Å². The largest absolute Gasteiger partial charge is 0.343 e. The molecule has 0 N–H and O–H groups in total. The molecule has 0 saturated heterocycles. The number of likely N-dealkylation sites (N-methyl/N-ethyl adjacent to an activating group) is 2. The van der Waals surface area contributed by atoms with E-state index in [1.165, 1.54) is 11.3 Å². The van der Waals surface area contributed by atoms with Gasteiger partial charge >= 0.3 is 0 Å². The van der Waals surface area contributed by atoms with Crippen molar-refractivity contribution < 1.29 is 9.59 Å². The van der Waals surface area contributed by atoms with Crippen molar-refractivity contribution in [3.05, 3.63) is 34.6 Å². The molecular weight excluding hydrogens is 436 g/mol. The summed E-state index contributed by atoms with van der Waals surface area (Å²) >= 11 is 7.85. The van der Waals surface area contributed by atoms with Gasteiger partial charge in [0.15, 0.2) is 5.82 Å². The maximum Gasteiger partial charge on any atom is 0.234 e. The molecule has 0 spiro atoms. The van der Waals surface area contributed by atoms with Crippen LogP contribution in [0.25, 0.3) is 15.5 Å². The second kappa shape index (κ2) is 10.2. The Morgan fingerprint density at radius 2 is 1.58 bits per heavy atom. The first-order valence-corrected chi connectivity index (χ1v) is 11.7. The van der Waals surface area contributed by atoms with Crippen LogP contribution in [0.5, 0.6) is 0 Å². The van der Waals surface area contributed by atoms with Crippen LogP contribution in [-0.2, 0) is 22.4 Å². The summed E-state index contributed by atoms with van der Waals surface area (Å²) in [6, 6.07) is 5.59. The van der Waals surface area contributed by atoms with E-state index in [2.05, 4.69) is 15.3 Å². The second-order valence-electron chi connectivity index (χ2n) is 7.01. The van der Waals surface area contributed by atoms with Crippen LogP contribution in [-0.4, -0.2) is 67.6 Å². The number of carbonyl (C=O) groups is 2. The van der Waals surface area contributed by atoms with Gasteiger partial charge in [-0.2, -0.15) is 9.61 Å². The van der Waals surface area contributed by atoms with Crippen LogP contribution in [0.15, 0.2) is 18.2 Å². The minimum absolute atomic E-state index is 0.000818. The third-order valence-electron chi connectivity index (χ3n) is 5.24. The number of hydrogen-bond acceptors (Lipinski definition) is 6. The van der Waals surface area contributed by atoms with Gasteiger partial charge in [0, 0.05) is 36.8 Å². The minimum Gasteiger partial charge on any atom is -0.343 e. The fraction of sp³-hybridized carbons (Fsp3) is 0.476. The molecule has 2 aromatic heterocycles. The highest BCUT2D eigenvalue weighted by Crippen LogP contribution is 2.29. The topological polar surface area (TPSA) is 83.7 Å². The lowest BCUT2D eigenvalue weighted by atomic mass is 10.1. The second-order valence-corrected chi connectivity index (χ2v) is 8.37. The smallest absolute Gasteiger partial charge is 0.234 e. The van der Waals surface area contributed by atoms with Crippen molar-refractivity contribution in [2.24, 2.45) is 0 Å². The van der Waals surface area contributed by atoms with Crippen molar-refractivity contribution in [3.63, 3.8) is 0 Å². The Bertz CT molecular complexity index is 1070.